The minimum absolute atomic E-state index is 0.0504. The van der Waals surface area contributed by atoms with Crippen LogP contribution in [0.3, 0.4) is 0 Å². The molecule has 2 aromatic rings. The largest absolute Gasteiger partial charge is 0.389 e. The van der Waals surface area contributed by atoms with Crippen molar-refractivity contribution in [3.8, 4) is 0 Å². The number of imide groups is 1. The second kappa shape index (κ2) is 8.43. The smallest absolute Gasteiger partial charge is 0.325 e. The first-order chi connectivity index (χ1) is 13.3. The molecule has 28 heavy (non-hydrogen) atoms. The maximum Gasteiger partial charge on any atom is 0.325 e. The van der Waals surface area contributed by atoms with Gasteiger partial charge < -0.3 is 15.2 Å². The summed E-state index contributed by atoms with van der Waals surface area (Å²) < 4.78 is 5.48. The summed E-state index contributed by atoms with van der Waals surface area (Å²) in [5, 5.41) is 14.9. The molecule has 150 valence electrons. The third kappa shape index (κ3) is 4.27. The quantitative estimate of drug-likeness (QED) is 0.665. The first kappa shape index (κ1) is 20.5. The number of aliphatic hydroxyl groups is 1. The third-order valence-corrected chi connectivity index (χ3v) is 5.81. The van der Waals surface area contributed by atoms with Gasteiger partial charge in [-0.1, -0.05) is 44.2 Å². The van der Waals surface area contributed by atoms with Crippen molar-refractivity contribution in [1.82, 2.24) is 10.2 Å². The number of hydrogen-bond donors (Lipinski definition) is 2. The van der Waals surface area contributed by atoms with Gasteiger partial charge in [-0.3, -0.25) is 9.69 Å². The van der Waals surface area contributed by atoms with E-state index in [2.05, 4.69) is 19.2 Å². The first-order valence-corrected chi connectivity index (χ1v) is 10.2. The topological polar surface area (TPSA) is 78.9 Å². The molecule has 0 spiro atoms. The maximum atomic E-state index is 12.9. The van der Waals surface area contributed by atoms with Crippen molar-refractivity contribution in [2.24, 2.45) is 0 Å². The molecule has 2 heterocycles. The van der Waals surface area contributed by atoms with E-state index in [1.165, 1.54) is 5.56 Å². The molecule has 2 atom stereocenters. The molecule has 2 N–H and O–H groups in total. The predicted octanol–water partition coefficient (Wildman–Crippen LogP) is 3.22. The molecule has 1 aliphatic rings. The van der Waals surface area contributed by atoms with Crippen LogP contribution in [-0.4, -0.2) is 41.2 Å². The Hall–Kier alpha value is -2.22. The van der Waals surface area contributed by atoms with Crippen LogP contribution in [0.4, 0.5) is 4.79 Å². The molecule has 0 aliphatic carbocycles. The van der Waals surface area contributed by atoms with Crippen LogP contribution in [0.25, 0.3) is 0 Å². The van der Waals surface area contributed by atoms with Crippen LogP contribution in [0.5, 0.6) is 0 Å². The lowest BCUT2D eigenvalue weighted by Crippen LogP contribution is -2.42. The number of carbonyl (C=O) groups excluding carboxylic acids is 2. The number of β-amino-alcohol motifs (C(OH)–C–C–N with tert-alkyl or cyclic N) is 1. The molecule has 1 aromatic heterocycles. The van der Waals surface area contributed by atoms with Gasteiger partial charge in [0.05, 0.1) is 25.9 Å². The lowest BCUT2D eigenvalue weighted by Gasteiger charge is -2.23. The molecular formula is C21H26N2O4S. The van der Waals surface area contributed by atoms with Crippen molar-refractivity contribution in [3.05, 3.63) is 57.8 Å². The number of nitrogens with one attached hydrogen (secondary N) is 1. The summed E-state index contributed by atoms with van der Waals surface area (Å²) in [5.41, 5.74) is 0.755. The van der Waals surface area contributed by atoms with E-state index in [1.807, 2.05) is 41.8 Å². The Balaban J connectivity index is 1.62. The van der Waals surface area contributed by atoms with Crippen LogP contribution in [0.15, 0.2) is 41.8 Å². The molecule has 3 rings (SSSR count). The predicted molar refractivity (Wildman–Crippen MR) is 108 cm³/mol. The molecule has 0 saturated carbocycles. The van der Waals surface area contributed by atoms with Crippen LogP contribution in [-0.2, 0) is 21.7 Å². The van der Waals surface area contributed by atoms with Crippen LogP contribution in [0.1, 0.15) is 42.7 Å². The fraction of sp³-hybridized carbons (Fsp3) is 0.429. The fourth-order valence-electron chi connectivity index (χ4n) is 3.21. The van der Waals surface area contributed by atoms with Crippen molar-refractivity contribution in [1.29, 1.82) is 0 Å². The van der Waals surface area contributed by atoms with Crippen LogP contribution < -0.4 is 5.32 Å². The number of ether oxygens (including phenoxy) is 1. The molecule has 1 aliphatic heterocycles. The van der Waals surface area contributed by atoms with Gasteiger partial charge in [0.1, 0.15) is 5.54 Å². The highest BCUT2D eigenvalue weighted by Gasteiger charge is 2.49. The number of urea groups is 1. The number of carbonyl (C=O) groups is 2. The lowest BCUT2D eigenvalue weighted by molar-refractivity contribution is -0.132. The number of thiophene rings is 1. The van der Waals surface area contributed by atoms with Crippen molar-refractivity contribution in [2.75, 3.05) is 13.2 Å². The number of nitrogens with zero attached hydrogens (tertiary/aromatic N) is 1. The SMILES string of the molecule is CC(C)c1ccc([C@@]2(C)NC(=O)N(C[C@@H](O)COCc3cccs3)C2=O)cc1. The molecule has 3 amide bonds. The van der Waals surface area contributed by atoms with Crippen LogP contribution >= 0.6 is 11.3 Å². The van der Waals surface area contributed by atoms with Gasteiger partial charge in [-0.2, -0.15) is 0 Å². The second-order valence-corrected chi connectivity index (χ2v) is 8.53. The number of benzene rings is 1. The highest BCUT2D eigenvalue weighted by molar-refractivity contribution is 7.09. The summed E-state index contributed by atoms with van der Waals surface area (Å²) in [5.74, 6) is 0.0173. The summed E-state index contributed by atoms with van der Waals surface area (Å²) in [6.45, 7) is 6.24. The zero-order chi connectivity index (χ0) is 20.3. The maximum absolute atomic E-state index is 12.9. The summed E-state index contributed by atoms with van der Waals surface area (Å²) in [4.78, 5) is 27.5. The van der Waals surface area contributed by atoms with Crippen molar-refractivity contribution in [2.45, 2.75) is 44.9 Å². The molecule has 0 bridgehead atoms. The minimum Gasteiger partial charge on any atom is -0.389 e. The summed E-state index contributed by atoms with van der Waals surface area (Å²) >= 11 is 1.57. The van der Waals surface area contributed by atoms with E-state index in [9.17, 15) is 14.7 Å². The van der Waals surface area contributed by atoms with Crippen LogP contribution in [0.2, 0.25) is 0 Å². The summed E-state index contributed by atoms with van der Waals surface area (Å²) in [6.07, 6.45) is -0.944. The highest BCUT2D eigenvalue weighted by atomic mass is 32.1. The van der Waals surface area contributed by atoms with Gasteiger partial charge in [-0.25, -0.2) is 4.79 Å². The molecule has 7 heteroatoms. The van der Waals surface area contributed by atoms with Gasteiger partial charge >= 0.3 is 6.03 Å². The summed E-state index contributed by atoms with van der Waals surface area (Å²) in [6, 6.07) is 11.1. The Labute approximate surface area is 169 Å². The van der Waals surface area contributed by atoms with Gasteiger partial charge in [0, 0.05) is 4.88 Å². The van der Waals surface area contributed by atoms with Gasteiger partial charge in [-0.05, 0) is 35.4 Å². The monoisotopic (exact) mass is 402 g/mol. The van der Waals surface area contributed by atoms with Crippen molar-refractivity contribution >= 4 is 23.3 Å². The van der Waals surface area contributed by atoms with Crippen LogP contribution in [0, 0.1) is 0 Å². The van der Waals surface area contributed by atoms with Gasteiger partial charge in [0.15, 0.2) is 0 Å². The number of aliphatic hydroxyl groups excluding tert-OH is 1. The third-order valence-electron chi connectivity index (χ3n) is 4.96. The fourth-order valence-corrected chi connectivity index (χ4v) is 3.85. The Morgan fingerprint density at radius 2 is 1.93 bits per heavy atom. The highest BCUT2D eigenvalue weighted by Crippen LogP contribution is 2.30. The first-order valence-electron chi connectivity index (χ1n) is 9.34. The zero-order valence-electron chi connectivity index (χ0n) is 16.3. The van der Waals surface area contributed by atoms with Gasteiger partial charge in [0.25, 0.3) is 5.91 Å². The van der Waals surface area contributed by atoms with E-state index >= 15 is 0 Å². The Kier molecular flexibility index (Phi) is 6.17. The zero-order valence-corrected chi connectivity index (χ0v) is 17.2. The second-order valence-electron chi connectivity index (χ2n) is 7.50. The minimum atomic E-state index is -1.13. The Bertz CT molecular complexity index is 819. The van der Waals surface area contributed by atoms with E-state index in [0.29, 0.717) is 12.5 Å². The molecule has 1 fully saturated rings. The van der Waals surface area contributed by atoms with E-state index < -0.39 is 17.7 Å². The molecular weight excluding hydrogens is 376 g/mol. The average molecular weight is 403 g/mol. The Morgan fingerprint density at radius 3 is 2.54 bits per heavy atom. The van der Waals surface area contributed by atoms with Crippen molar-refractivity contribution < 1.29 is 19.4 Å². The number of rotatable bonds is 8. The molecule has 1 aromatic carbocycles. The number of hydrogen-bond acceptors (Lipinski definition) is 5. The van der Waals surface area contributed by atoms with E-state index in [4.69, 9.17) is 4.74 Å². The average Bonchev–Trinajstić information content (AvgIpc) is 3.25. The van der Waals surface area contributed by atoms with Crippen molar-refractivity contribution in [3.63, 3.8) is 0 Å². The molecule has 6 nitrogen and oxygen atoms in total. The van der Waals surface area contributed by atoms with E-state index in [1.54, 1.807) is 18.3 Å². The molecule has 1 saturated heterocycles. The molecule has 0 radical (unpaired) electrons. The molecule has 0 unspecified atom stereocenters. The van der Waals surface area contributed by atoms with E-state index in [-0.39, 0.29) is 19.1 Å². The Morgan fingerprint density at radius 1 is 1.21 bits per heavy atom. The number of amides is 3. The van der Waals surface area contributed by atoms with E-state index in [0.717, 1.165) is 15.3 Å². The standard InChI is InChI=1S/C21H26N2O4S/c1-14(2)15-6-8-16(9-7-15)21(3)19(25)23(20(26)22-21)11-17(24)12-27-13-18-5-4-10-28-18/h4-10,14,17,24H,11-13H2,1-3H3,(H,22,26)/t17-,21-/m1/s1. The summed E-state index contributed by atoms with van der Waals surface area (Å²) in [7, 11) is 0. The van der Waals surface area contributed by atoms with Gasteiger partial charge in [-0.15, -0.1) is 11.3 Å². The normalized spacial score (nSPS) is 20.7. The van der Waals surface area contributed by atoms with Gasteiger partial charge in [0.2, 0.25) is 0 Å². The lowest BCUT2D eigenvalue weighted by atomic mass is 9.90.